The van der Waals surface area contributed by atoms with E-state index in [9.17, 15) is 0 Å². The average Bonchev–Trinajstić information content (AvgIpc) is 3.97. The van der Waals surface area contributed by atoms with E-state index in [4.69, 9.17) is 8.83 Å². The van der Waals surface area contributed by atoms with Gasteiger partial charge in [0.1, 0.15) is 22.5 Å². The molecule has 14 rings (SSSR count). The minimum absolute atomic E-state index is 0.0283. The maximum atomic E-state index is 6.46. The number of fused-ring (bicyclic) bond motifs is 12. The van der Waals surface area contributed by atoms with E-state index >= 15 is 0 Å². The second-order valence-electron chi connectivity index (χ2n) is 17.1. The van der Waals surface area contributed by atoms with Crippen molar-refractivity contribution in [2.45, 2.75) is 18.8 Å². The topological polar surface area (TPSA) is 32.8 Å². The summed E-state index contributed by atoms with van der Waals surface area (Å²) in [5, 5.41) is 3.51. The Morgan fingerprint density at radius 2 is 1.25 bits per heavy atom. The summed E-state index contributed by atoms with van der Waals surface area (Å²) >= 11 is 0. The first-order valence-electron chi connectivity index (χ1n) is 21.5. The Hall–Kier alpha value is -7.50. The Kier molecular flexibility index (Phi) is 6.84. The lowest BCUT2D eigenvalue weighted by atomic mass is 9.33. The Bertz CT molecular complexity index is 3470. The maximum absolute atomic E-state index is 6.46. The second-order valence-corrected chi connectivity index (χ2v) is 17.1. The molecule has 2 unspecified atom stereocenters. The van der Waals surface area contributed by atoms with Crippen molar-refractivity contribution in [3.63, 3.8) is 0 Å². The zero-order chi connectivity index (χ0) is 39.8. The van der Waals surface area contributed by atoms with Gasteiger partial charge >= 0.3 is 0 Å². The lowest BCUT2D eigenvalue weighted by Crippen LogP contribution is -2.61. The molecule has 0 spiro atoms. The largest absolute Gasteiger partial charge is 0.456 e. The molecule has 0 radical (unpaired) electrons. The van der Waals surface area contributed by atoms with E-state index in [0.717, 1.165) is 56.7 Å². The van der Waals surface area contributed by atoms with Crippen LogP contribution in [0.2, 0.25) is 0 Å². The van der Waals surface area contributed by atoms with E-state index in [2.05, 4.69) is 192 Å². The fraction of sp³-hybridized carbons (Fsp3) is 0.0714. The quantitative estimate of drug-likeness (QED) is 0.167. The van der Waals surface area contributed by atoms with Gasteiger partial charge in [-0.05, 0) is 125 Å². The maximum Gasteiger partial charge on any atom is 0.252 e. The minimum atomic E-state index is -0.0283. The molecule has 3 aliphatic carbocycles. The first-order chi connectivity index (χ1) is 30.3. The number of para-hydroxylation sites is 4. The fourth-order valence-electron chi connectivity index (χ4n) is 11.0. The van der Waals surface area contributed by atoms with Crippen LogP contribution in [-0.4, -0.2) is 6.71 Å². The molecule has 5 heteroatoms. The van der Waals surface area contributed by atoms with Crippen LogP contribution >= 0.6 is 0 Å². The van der Waals surface area contributed by atoms with E-state index in [0.29, 0.717) is 11.8 Å². The van der Waals surface area contributed by atoms with Crippen LogP contribution in [0.15, 0.2) is 197 Å². The number of allylic oxidation sites excluding steroid dienone is 6. The number of nitrogens with zero attached hydrogens (tertiary/aromatic N) is 2. The molecular formula is C56H37BN2O2. The number of furan rings is 2. The van der Waals surface area contributed by atoms with E-state index in [-0.39, 0.29) is 6.71 Å². The molecule has 2 aliphatic heterocycles. The Morgan fingerprint density at radius 3 is 2.07 bits per heavy atom. The Labute approximate surface area is 353 Å². The van der Waals surface area contributed by atoms with Crippen LogP contribution in [0.5, 0.6) is 0 Å². The molecule has 0 saturated heterocycles. The highest BCUT2D eigenvalue weighted by Crippen LogP contribution is 2.56. The van der Waals surface area contributed by atoms with E-state index < -0.39 is 0 Å². The highest BCUT2D eigenvalue weighted by molar-refractivity contribution is 7.00. The molecule has 2 atom stereocenters. The first kappa shape index (κ1) is 33.3. The molecule has 286 valence electrons. The smallest absolute Gasteiger partial charge is 0.252 e. The number of hydrogen-bond acceptors (Lipinski definition) is 4. The van der Waals surface area contributed by atoms with Gasteiger partial charge in [-0.25, -0.2) is 0 Å². The summed E-state index contributed by atoms with van der Waals surface area (Å²) in [6.45, 7) is -0.0283. The molecule has 61 heavy (non-hydrogen) atoms. The summed E-state index contributed by atoms with van der Waals surface area (Å²) in [6, 6.07) is 53.6. The summed E-state index contributed by atoms with van der Waals surface area (Å²) < 4.78 is 12.8. The first-order valence-corrected chi connectivity index (χ1v) is 21.5. The van der Waals surface area contributed by atoms with Gasteiger partial charge in [-0.2, -0.15) is 0 Å². The molecule has 0 N–H and O–H groups in total. The van der Waals surface area contributed by atoms with Crippen LogP contribution in [0.1, 0.15) is 30.1 Å². The Morgan fingerprint density at radius 1 is 0.557 bits per heavy atom. The fourth-order valence-corrected chi connectivity index (χ4v) is 11.0. The Balaban J connectivity index is 1.05. The molecule has 4 nitrogen and oxygen atoms in total. The van der Waals surface area contributed by atoms with Crippen molar-refractivity contribution in [3.8, 4) is 22.3 Å². The highest BCUT2D eigenvalue weighted by Gasteiger charge is 2.45. The van der Waals surface area contributed by atoms with Gasteiger partial charge in [0, 0.05) is 67.0 Å². The molecule has 2 aromatic heterocycles. The number of hydrogen-bond donors (Lipinski definition) is 0. The SMILES string of the molecule is C1=CCC=CC(N2c3cccc4c3B(c3cccc(-c5ccc6oc7c(c6c5)C5CC5C=C7)c32)c2cccc(-c3ccc5oc6ccccc6c5c3)c2N4c2ccccc2)=C1. The van der Waals surface area contributed by atoms with Crippen LogP contribution in [0.3, 0.4) is 0 Å². The van der Waals surface area contributed by atoms with Crippen molar-refractivity contribution < 1.29 is 8.83 Å². The van der Waals surface area contributed by atoms with Crippen LogP contribution < -0.4 is 26.2 Å². The number of benzene rings is 7. The molecule has 1 saturated carbocycles. The zero-order valence-electron chi connectivity index (χ0n) is 33.3. The number of rotatable bonds is 4. The van der Waals surface area contributed by atoms with Crippen molar-refractivity contribution in [1.29, 1.82) is 0 Å². The lowest BCUT2D eigenvalue weighted by molar-refractivity contribution is 0.596. The zero-order valence-corrected chi connectivity index (χ0v) is 33.3. The lowest BCUT2D eigenvalue weighted by Gasteiger charge is -2.45. The highest BCUT2D eigenvalue weighted by atomic mass is 16.3. The van der Waals surface area contributed by atoms with Gasteiger partial charge < -0.3 is 18.6 Å². The summed E-state index contributed by atoms with van der Waals surface area (Å²) in [4.78, 5) is 5.05. The molecule has 7 aromatic carbocycles. The molecule has 0 amide bonds. The van der Waals surface area contributed by atoms with Gasteiger partial charge in [0.25, 0.3) is 6.71 Å². The van der Waals surface area contributed by atoms with Crippen molar-refractivity contribution in [2.75, 3.05) is 9.80 Å². The standard InChI is InChI=1S/C56H37BN2O2/c1-2-5-14-37(13-4-1)58-47-22-12-23-48-54(47)57(46-21-11-19-40(56(46)58)35-26-29-51-44(33-35)53-42-31-36(42)27-30-52(53)61-51)45-20-10-18-39(55(45)59(48)38-15-6-3-7-16-38)34-25-28-50-43(32-34)41-17-8-9-24-49(41)60-50/h1,3-30,32-33,36,42H,2,31H2. The van der Waals surface area contributed by atoms with E-state index in [1.807, 2.05) is 6.07 Å². The third-order valence-corrected chi connectivity index (χ3v) is 13.7. The van der Waals surface area contributed by atoms with E-state index in [1.54, 1.807) is 0 Å². The van der Waals surface area contributed by atoms with Crippen LogP contribution in [-0.2, 0) is 0 Å². The van der Waals surface area contributed by atoms with Crippen LogP contribution in [0, 0.1) is 5.92 Å². The minimum Gasteiger partial charge on any atom is -0.456 e. The van der Waals surface area contributed by atoms with Crippen LogP contribution in [0.25, 0.3) is 61.2 Å². The predicted molar refractivity (Wildman–Crippen MR) is 253 cm³/mol. The summed E-state index contributed by atoms with van der Waals surface area (Å²) in [6.07, 6.45) is 17.9. The van der Waals surface area contributed by atoms with Gasteiger partial charge in [0.05, 0.1) is 0 Å². The van der Waals surface area contributed by atoms with E-state index in [1.165, 1.54) is 73.2 Å². The van der Waals surface area contributed by atoms with Gasteiger partial charge in [-0.3, -0.25) is 0 Å². The summed E-state index contributed by atoms with van der Waals surface area (Å²) in [5.41, 5.74) is 19.9. The van der Waals surface area contributed by atoms with Crippen molar-refractivity contribution in [2.24, 2.45) is 5.92 Å². The molecule has 4 heterocycles. The number of anilines is 5. The van der Waals surface area contributed by atoms with Crippen molar-refractivity contribution in [1.82, 2.24) is 0 Å². The molecule has 1 fully saturated rings. The van der Waals surface area contributed by atoms with Gasteiger partial charge in [-0.1, -0.05) is 115 Å². The van der Waals surface area contributed by atoms with Crippen LogP contribution in [0.4, 0.5) is 28.4 Å². The van der Waals surface area contributed by atoms with Gasteiger partial charge in [0.2, 0.25) is 0 Å². The predicted octanol–water partition coefficient (Wildman–Crippen LogP) is 12.9. The van der Waals surface area contributed by atoms with Crippen molar-refractivity contribution in [3.05, 3.63) is 199 Å². The third-order valence-electron chi connectivity index (χ3n) is 13.7. The van der Waals surface area contributed by atoms with Crippen molar-refractivity contribution >= 4 is 90.5 Å². The summed E-state index contributed by atoms with van der Waals surface area (Å²) in [7, 11) is 0. The van der Waals surface area contributed by atoms with Gasteiger partial charge in [0.15, 0.2) is 0 Å². The molecule has 5 aliphatic rings. The molecule has 9 aromatic rings. The van der Waals surface area contributed by atoms with Gasteiger partial charge in [-0.15, -0.1) is 0 Å². The summed E-state index contributed by atoms with van der Waals surface area (Å²) in [5.74, 6) is 2.23. The molecule has 0 bridgehead atoms. The average molecular weight is 781 g/mol. The monoisotopic (exact) mass is 780 g/mol. The molecular weight excluding hydrogens is 743 g/mol. The normalized spacial score (nSPS) is 17.8. The second kappa shape index (κ2) is 12.5. The third kappa shape index (κ3) is 4.77.